The highest BCUT2D eigenvalue weighted by Gasteiger charge is 2.23. The van der Waals surface area contributed by atoms with Gasteiger partial charge in [-0.05, 0) is 69.9 Å². The van der Waals surface area contributed by atoms with Crippen molar-refractivity contribution in [1.82, 2.24) is 4.90 Å². The van der Waals surface area contributed by atoms with E-state index in [2.05, 4.69) is 19.0 Å². The van der Waals surface area contributed by atoms with Crippen LogP contribution in [0.25, 0.3) is 0 Å². The summed E-state index contributed by atoms with van der Waals surface area (Å²) in [6.07, 6.45) is 4.57. The third-order valence-corrected chi connectivity index (χ3v) is 3.80. The molecule has 0 saturated heterocycles. The number of nitrogens with zero attached hydrogens (tertiary/aromatic N) is 1. The van der Waals surface area contributed by atoms with Crippen LogP contribution >= 0.6 is 23.2 Å². The van der Waals surface area contributed by atoms with Crippen molar-refractivity contribution in [2.75, 3.05) is 27.2 Å². The summed E-state index contributed by atoms with van der Waals surface area (Å²) >= 11 is 12.3. The number of rotatable bonds is 7. The van der Waals surface area contributed by atoms with Gasteiger partial charge in [0, 0.05) is 5.02 Å². The van der Waals surface area contributed by atoms with E-state index in [1.165, 1.54) is 12.8 Å². The Balaban J connectivity index is 2.03. The summed E-state index contributed by atoms with van der Waals surface area (Å²) in [7, 11) is 4.16. The summed E-state index contributed by atoms with van der Waals surface area (Å²) in [6.45, 7) is 1.83. The highest BCUT2D eigenvalue weighted by Crippen LogP contribution is 2.36. The van der Waals surface area contributed by atoms with Crippen molar-refractivity contribution in [2.24, 2.45) is 5.92 Å². The second-order valence-corrected chi connectivity index (χ2v) is 6.38. The van der Waals surface area contributed by atoms with Crippen LogP contribution in [0.4, 0.5) is 0 Å². The molecule has 1 fully saturated rings. The molecule has 0 unspecified atom stereocenters. The molecule has 4 heteroatoms. The van der Waals surface area contributed by atoms with Crippen LogP contribution in [0.2, 0.25) is 10.0 Å². The van der Waals surface area contributed by atoms with E-state index in [1.54, 1.807) is 6.07 Å². The van der Waals surface area contributed by atoms with Gasteiger partial charge in [0.05, 0.1) is 11.6 Å². The number of halogens is 2. The Morgan fingerprint density at radius 1 is 1.26 bits per heavy atom. The Morgan fingerprint density at radius 3 is 2.63 bits per heavy atom. The van der Waals surface area contributed by atoms with Crippen molar-refractivity contribution < 1.29 is 4.74 Å². The number of benzene rings is 1. The van der Waals surface area contributed by atoms with Crippen molar-refractivity contribution >= 4 is 23.2 Å². The van der Waals surface area contributed by atoms with Crippen LogP contribution in [0.15, 0.2) is 12.1 Å². The fraction of sp³-hybridized carbons (Fsp3) is 0.600. The van der Waals surface area contributed by atoms with Gasteiger partial charge < -0.3 is 9.64 Å². The van der Waals surface area contributed by atoms with Crippen molar-refractivity contribution in [3.8, 4) is 5.75 Å². The second kappa shape index (κ2) is 6.83. The van der Waals surface area contributed by atoms with E-state index >= 15 is 0 Å². The average Bonchev–Trinajstić information content (AvgIpc) is 3.11. The maximum Gasteiger partial charge on any atom is 0.141 e. The Labute approximate surface area is 125 Å². The maximum absolute atomic E-state index is 6.26. The van der Waals surface area contributed by atoms with Gasteiger partial charge in [0.15, 0.2) is 0 Å². The van der Waals surface area contributed by atoms with Gasteiger partial charge >= 0.3 is 0 Å². The molecule has 2 rings (SSSR count). The molecule has 0 spiro atoms. The summed E-state index contributed by atoms with van der Waals surface area (Å²) in [5.41, 5.74) is 1.13. The van der Waals surface area contributed by atoms with E-state index < -0.39 is 0 Å². The zero-order valence-electron chi connectivity index (χ0n) is 11.6. The highest BCUT2D eigenvalue weighted by atomic mass is 35.5. The third kappa shape index (κ3) is 4.87. The molecule has 0 heterocycles. The van der Waals surface area contributed by atoms with Gasteiger partial charge in [0.1, 0.15) is 5.75 Å². The molecule has 0 N–H and O–H groups in total. The lowest BCUT2D eigenvalue weighted by Crippen LogP contribution is -2.13. The molecule has 0 aliphatic heterocycles. The van der Waals surface area contributed by atoms with Gasteiger partial charge in [-0.3, -0.25) is 0 Å². The number of hydrogen-bond acceptors (Lipinski definition) is 2. The average molecular weight is 302 g/mol. The smallest absolute Gasteiger partial charge is 0.141 e. The normalized spacial score (nSPS) is 15.0. The van der Waals surface area contributed by atoms with E-state index in [1.807, 2.05) is 6.07 Å². The lowest BCUT2D eigenvalue weighted by atomic mass is 10.1. The summed E-state index contributed by atoms with van der Waals surface area (Å²) in [4.78, 5) is 2.18. The Morgan fingerprint density at radius 2 is 2.00 bits per heavy atom. The molecule has 1 aliphatic carbocycles. The lowest BCUT2D eigenvalue weighted by Gasteiger charge is -2.15. The minimum Gasteiger partial charge on any atom is -0.491 e. The van der Waals surface area contributed by atoms with E-state index in [0.29, 0.717) is 10.0 Å². The van der Waals surface area contributed by atoms with E-state index in [4.69, 9.17) is 27.9 Å². The number of hydrogen-bond donors (Lipinski definition) is 0. The van der Waals surface area contributed by atoms with Crippen LogP contribution in [0.1, 0.15) is 24.8 Å². The Bertz CT molecular complexity index is 430. The number of aryl methyl sites for hydroxylation is 1. The van der Waals surface area contributed by atoms with Crippen LogP contribution in [0.3, 0.4) is 0 Å². The highest BCUT2D eigenvalue weighted by molar-refractivity contribution is 6.35. The SMILES string of the molecule is CN(C)CCCc1cc(Cl)cc(Cl)c1OCC1CC1. The van der Waals surface area contributed by atoms with Crippen LogP contribution in [-0.4, -0.2) is 32.1 Å². The molecule has 1 aromatic rings. The lowest BCUT2D eigenvalue weighted by molar-refractivity contribution is 0.296. The van der Waals surface area contributed by atoms with Crippen LogP contribution in [0.5, 0.6) is 5.75 Å². The largest absolute Gasteiger partial charge is 0.491 e. The fourth-order valence-corrected chi connectivity index (χ4v) is 2.62. The minimum atomic E-state index is 0.632. The first-order chi connectivity index (χ1) is 9.06. The topological polar surface area (TPSA) is 12.5 Å². The van der Waals surface area contributed by atoms with Gasteiger partial charge in [0.2, 0.25) is 0 Å². The van der Waals surface area contributed by atoms with Crippen LogP contribution < -0.4 is 4.74 Å². The van der Waals surface area contributed by atoms with Gasteiger partial charge in [-0.2, -0.15) is 0 Å². The van der Waals surface area contributed by atoms with Gasteiger partial charge in [-0.25, -0.2) is 0 Å². The van der Waals surface area contributed by atoms with Gasteiger partial charge in [-0.1, -0.05) is 23.2 Å². The van der Waals surface area contributed by atoms with Gasteiger partial charge in [-0.15, -0.1) is 0 Å². The molecule has 1 aliphatic rings. The van der Waals surface area contributed by atoms with Crippen molar-refractivity contribution in [3.05, 3.63) is 27.7 Å². The predicted molar refractivity (Wildman–Crippen MR) is 81.6 cm³/mol. The van der Waals surface area contributed by atoms with Crippen molar-refractivity contribution in [1.29, 1.82) is 0 Å². The molecule has 1 aromatic carbocycles. The zero-order valence-corrected chi connectivity index (χ0v) is 13.1. The zero-order chi connectivity index (χ0) is 13.8. The van der Waals surface area contributed by atoms with E-state index in [-0.39, 0.29) is 0 Å². The maximum atomic E-state index is 6.26. The van der Waals surface area contributed by atoms with E-state index in [9.17, 15) is 0 Å². The molecular formula is C15H21Cl2NO. The molecule has 0 atom stereocenters. The predicted octanol–water partition coefficient (Wildman–Crippen LogP) is 4.28. The monoisotopic (exact) mass is 301 g/mol. The standard InChI is InChI=1S/C15H21Cl2NO/c1-18(2)7-3-4-12-8-13(16)9-14(17)15(12)19-10-11-5-6-11/h8-9,11H,3-7,10H2,1-2H3. The molecule has 0 amide bonds. The first-order valence-electron chi connectivity index (χ1n) is 6.81. The number of ether oxygens (including phenoxy) is 1. The van der Waals surface area contributed by atoms with Crippen LogP contribution in [-0.2, 0) is 6.42 Å². The summed E-state index contributed by atoms with van der Waals surface area (Å²) in [5, 5.41) is 1.32. The van der Waals surface area contributed by atoms with Crippen molar-refractivity contribution in [3.63, 3.8) is 0 Å². The molecule has 2 nitrogen and oxygen atoms in total. The Hall–Kier alpha value is -0.440. The van der Waals surface area contributed by atoms with Gasteiger partial charge in [0.25, 0.3) is 0 Å². The van der Waals surface area contributed by atoms with Crippen molar-refractivity contribution in [2.45, 2.75) is 25.7 Å². The third-order valence-electron chi connectivity index (χ3n) is 3.30. The van der Waals surface area contributed by atoms with Crippen LogP contribution in [0, 0.1) is 5.92 Å². The minimum absolute atomic E-state index is 0.632. The first kappa shape index (κ1) is 15.0. The molecule has 0 bridgehead atoms. The Kier molecular flexibility index (Phi) is 5.37. The summed E-state index contributed by atoms with van der Waals surface area (Å²) in [6, 6.07) is 3.74. The second-order valence-electron chi connectivity index (χ2n) is 5.54. The molecule has 0 radical (unpaired) electrons. The summed E-state index contributed by atoms with van der Waals surface area (Å²) in [5.74, 6) is 1.55. The summed E-state index contributed by atoms with van der Waals surface area (Å²) < 4.78 is 5.90. The van der Waals surface area contributed by atoms with E-state index in [0.717, 1.165) is 43.2 Å². The molecule has 1 saturated carbocycles. The molecule has 0 aromatic heterocycles. The first-order valence-corrected chi connectivity index (χ1v) is 7.57. The molecule has 106 valence electrons. The fourth-order valence-electron chi connectivity index (χ4n) is 2.03. The molecule has 19 heavy (non-hydrogen) atoms. The molecular weight excluding hydrogens is 281 g/mol. The quantitative estimate of drug-likeness (QED) is 0.745.